The second-order valence-electron chi connectivity index (χ2n) is 6.67. The maximum absolute atomic E-state index is 12.1. The van der Waals surface area contributed by atoms with Gasteiger partial charge in [-0.25, -0.2) is 0 Å². The third-order valence-corrected chi connectivity index (χ3v) is 5.67. The molecule has 0 bridgehead atoms. The van der Waals surface area contributed by atoms with E-state index in [9.17, 15) is 4.21 Å². The van der Waals surface area contributed by atoms with Crippen molar-refractivity contribution < 1.29 is 13.7 Å². The van der Waals surface area contributed by atoms with Crippen LogP contribution in [0, 0.1) is 0 Å². The molecule has 0 aliphatic carbocycles. The van der Waals surface area contributed by atoms with Gasteiger partial charge in [0, 0.05) is 60.1 Å². The summed E-state index contributed by atoms with van der Waals surface area (Å²) in [6, 6.07) is 5.76. The zero-order valence-corrected chi connectivity index (χ0v) is 17.2. The van der Waals surface area contributed by atoms with Gasteiger partial charge in [0.1, 0.15) is 11.5 Å². The zero-order chi connectivity index (χ0) is 19.0. The van der Waals surface area contributed by atoms with Crippen molar-refractivity contribution in [2.75, 3.05) is 40.6 Å². The molecule has 0 saturated carbocycles. The summed E-state index contributed by atoms with van der Waals surface area (Å²) >= 11 is 0. The summed E-state index contributed by atoms with van der Waals surface area (Å²) in [7, 11) is 6.09. The minimum absolute atomic E-state index is 0.201. The Balaban J connectivity index is 2.68. The number of rotatable bonds is 7. The molecule has 0 amide bonds. The van der Waals surface area contributed by atoms with Crippen molar-refractivity contribution in [2.45, 2.75) is 32.1 Å². The summed E-state index contributed by atoms with van der Waals surface area (Å²) in [4.78, 5) is 6.30. The molecule has 0 fully saturated rings. The molecule has 0 aromatic heterocycles. The Morgan fingerprint density at radius 1 is 1.28 bits per heavy atom. The van der Waals surface area contributed by atoms with E-state index < -0.39 is 10.8 Å². The molecule has 25 heavy (non-hydrogen) atoms. The predicted octanol–water partition coefficient (Wildman–Crippen LogP) is 2.26. The minimum atomic E-state index is -0.886. The van der Waals surface area contributed by atoms with Gasteiger partial charge in [-0.1, -0.05) is 0 Å². The third-order valence-electron chi connectivity index (χ3n) is 3.73. The highest BCUT2D eigenvalue weighted by Crippen LogP contribution is 2.25. The maximum atomic E-state index is 12.1. The second kappa shape index (κ2) is 9.65. The molecule has 7 heteroatoms. The van der Waals surface area contributed by atoms with Gasteiger partial charge in [-0.3, -0.25) is 9.20 Å². The monoisotopic (exact) mass is 369 g/mol. The normalized spacial score (nSPS) is 13.3. The number of nitrogens with one attached hydrogen (secondary N) is 1. The fourth-order valence-electron chi connectivity index (χ4n) is 2.26. The summed E-state index contributed by atoms with van der Waals surface area (Å²) in [5.74, 6) is 2.87. The van der Waals surface area contributed by atoms with Gasteiger partial charge in [0.05, 0.1) is 14.2 Å². The van der Waals surface area contributed by atoms with E-state index in [-0.39, 0.29) is 4.75 Å². The lowest BCUT2D eigenvalue weighted by Crippen LogP contribution is -2.41. The van der Waals surface area contributed by atoms with Gasteiger partial charge in [0.15, 0.2) is 5.96 Å². The Labute approximate surface area is 154 Å². The van der Waals surface area contributed by atoms with Crippen LogP contribution in [0.3, 0.4) is 0 Å². The molecule has 1 N–H and O–H groups in total. The number of hydrogen-bond donors (Lipinski definition) is 1. The van der Waals surface area contributed by atoms with Crippen LogP contribution < -0.4 is 14.8 Å². The summed E-state index contributed by atoms with van der Waals surface area (Å²) in [6.07, 6.45) is 0. The van der Waals surface area contributed by atoms with Crippen LogP contribution >= 0.6 is 0 Å². The van der Waals surface area contributed by atoms with Crippen LogP contribution in [0.15, 0.2) is 23.2 Å². The van der Waals surface area contributed by atoms with Crippen molar-refractivity contribution in [1.29, 1.82) is 0 Å². The molecule has 0 radical (unpaired) electrons. The highest BCUT2D eigenvalue weighted by Gasteiger charge is 2.19. The van der Waals surface area contributed by atoms with Crippen LogP contribution in [0.4, 0.5) is 0 Å². The van der Waals surface area contributed by atoms with Crippen molar-refractivity contribution in [2.24, 2.45) is 4.99 Å². The van der Waals surface area contributed by atoms with E-state index in [1.165, 1.54) is 0 Å². The van der Waals surface area contributed by atoms with E-state index in [0.29, 0.717) is 18.8 Å². The zero-order valence-electron chi connectivity index (χ0n) is 16.4. The number of benzene rings is 1. The van der Waals surface area contributed by atoms with E-state index in [4.69, 9.17) is 9.47 Å². The van der Waals surface area contributed by atoms with Crippen LogP contribution in [0.25, 0.3) is 0 Å². The summed E-state index contributed by atoms with van der Waals surface area (Å²) < 4.78 is 22.6. The molecular weight excluding hydrogens is 338 g/mol. The first kappa shape index (κ1) is 21.3. The first-order chi connectivity index (χ1) is 11.7. The number of guanidine groups is 1. The number of methoxy groups -OCH3 is 2. The number of nitrogens with zero attached hydrogens (tertiary/aromatic N) is 2. The maximum Gasteiger partial charge on any atom is 0.193 e. The summed E-state index contributed by atoms with van der Waals surface area (Å²) in [5.41, 5.74) is 1.03. The number of hydrogen-bond acceptors (Lipinski definition) is 4. The third kappa shape index (κ3) is 6.57. The predicted molar refractivity (Wildman–Crippen MR) is 105 cm³/mol. The van der Waals surface area contributed by atoms with Gasteiger partial charge >= 0.3 is 0 Å². The van der Waals surface area contributed by atoms with E-state index in [0.717, 1.165) is 23.0 Å². The Morgan fingerprint density at radius 2 is 1.96 bits per heavy atom. The molecule has 1 atom stereocenters. The molecular formula is C18H31N3O3S. The molecule has 0 saturated heterocycles. The Hall–Kier alpha value is -1.76. The molecule has 1 rings (SSSR count). The van der Waals surface area contributed by atoms with Crippen molar-refractivity contribution in [3.8, 4) is 11.5 Å². The highest BCUT2D eigenvalue weighted by atomic mass is 32.2. The molecule has 6 nitrogen and oxygen atoms in total. The lowest BCUT2D eigenvalue weighted by Gasteiger charge is -2.24. The molecule has 1 aromatic carbocycles. The fraction of sp³-hybridized carbons (Fsp3) is 0.611. The van der Waals surface area contributed by atoms with Crippen LogP contribution in [-0.2, 0) is 17.3 Å². The Bertz CT molecular complexity index is 612. The van der Waals surface area contributed by atoms with Gasteiger partial charge in [0.2, 0.25) is 0 Å². The molecule has 0 aliphatic heterocycles. The average molecular weight is 370 g/mol. The minimum Gasteiger partial charge on any atom is -0.497 e. The topological polar surface area (TPSA) is 63.2 Å². The molecule has 0 aliphatic rings. The number of ether oxygens (including phenoxy) is 2. The quantitative estimate of drug-likeness (QED) is 0.590. The van der Waals surface area contributed by atoms with E-state index in [2.05, 4.69) is 10.3 Å². The van der Waals surface area contributed by atoms with Crippen molar-refractivity contribution in [3.63, 3.8) is 0 Å². The van der Waals surface area contributed by atoms with Gasteiger partial charge in [0.25, 0.3) is 0 Å². The molecule has 0 heterocycles. The molecule has 142 valence electrons. The lowest BCUT2D eigenvalue weighted by atomic mass is 10.2. The first-order valence-electron chi connectivity index (χ1n) is 8.24. The van der Waals surface area contributed by atoms with Crippen LogP contribution in [0.5, 0.6) is 11.5 Å². The van der Waals surface area contributed by atoms with Gasteiger partial charge < -0.3 is 19.7 Å². The summed E-state index contributed by atoms with van der Waals surface area (Å²) in [5, 5.41) is 3.27. The van der Waals surface area contributed by atoms with Gasteiger partial charge in [-0.2, -0.15) is 0 Å². The average Bonchev–Trinajstić information content (AvgIpc) is 2.57. The van der Waals surface area contributed by atoms with E-state index >= 15 is 0 Å². The highest BCUT2D eigenvalue weighted by molar-refractivity contribution is 7.86. The standard InChI is InChI=1S/C18H31N3O3S/c1-18(2,3)25(22)11-10-20-17(19-4)21(5)13-14-8-9-15(23-6)12-16(14)24-7/h8-9,12H,10-11,13H2,1-7H3,(H,19,20). The van der Waals surface area contributed by atoms with Crippen LogP contribution in [0.2, 0.25) is 0 Å². The molecule has 1 aromatic rings. The smallest absolute Gasteiger partial charge is 0.193 e. The summed E-state index contributed by atoms with van der Waals surface area (Å²) in [6.45, 7) is 7.20. The van der Waals surface area contributed by atoms with Crippen LogP contribution in [-0.4, -0.2) is 60.4 Å². The largest absolute Gasteiger partial charge is 0.497 e. The molecule has 1 unspecified atom stereocenters. The van der Waals surface area contributed by atoms with Gasteiger partial charge in [-0.15, -0.1) is 0 Å². The number of aliphatic imine (C=N–C) groups is 1. The Kier molecular flexibility index (Phi) is 8.22. The second-order valence-corrected chi connectivity index (χ2v) is 8.99. The van der Waals surface area contributed by atoms with Crippen molar-refractivity contribution >= 4 is 16.8 Å². The van der Waals surface area contributed by atoms with Crippen molar-refractivity contribution in [1.82, 2.24) is 10.2 Å². The first-order valence-corrected chi connectivity index (χ1v) is 9.56. The van der Waals surface area contributed by atoms with E-state index in [1.807, 2.05) is 50.9 Å². The SMILES string of the molecule is CN=C(NCCS(=O)C(C)(C)C)N(C)Cc1ccc(OC)cc1OC. The Morgan fingerprint density at radius 3 is 2.48 bits per heavy atom. The lowest BCUT2D eigenvalue weighted by molar-refractivity contribution is 0.382. The van der Waals surface area contributed by atoms with E-state index in [1.54, 1.807) is 21.3 Å². The molecule has 0 spiro atoms. The van der Waals surface area contributed by atoms with Crippen LogP contribution in [0.1, 0.15) is 26.3 Å². The van der Waals surface area contributed by atoms with Gasteiger partial charge in [-0.05, 0) is 32.9 Å². The van der Waals surface area contributed by atoms with Crippen molar-refractivity contribution in [3.05, 3.63) is 23.8 Å². The fourth-order valence-corrected chi connectivity index (χ4v) is 3.16.